The van der Waals surface area contributed by atoms with Crippen LogP contribution in [-0.4, -0.2) is 54.3 Å². The van der Waals surface area contributed by atoms with E-state index in [2.05, 4.69) is 16.8 Å². The molecule has 2 saturated heterocycles. The van der Waals surface area contributed by atoms with E-state index in [9.17, 15) is 22.8 Å². The second-order valence-electron chi connectivity index (χ2n) is 10.00. The van der Waals surface area contributed by atoms with Gasteiger partial charge in [-0.25, -0.2) is 0 Å². The van der Waals surface area contributed by atoms with Crippen LogP contribution in [0.5, 0.6) is 0 Å². The smallest absolute Gasteiger partial charge is 0.385 e. The van der Waals surface area contributed by atoms with E-state index in [1.165, 1.54) is 17.0 Å². The van der Waals surface area contributed by atoms with Crippen molar-refractivity contribution < 1.29 is 22.8 Å². The van der Waals surface area contributed by atoms with Gasteiger partial charge in [-0.2, -0.15) is 13.2 Å². The number of hydrogen-bond donors (Lipinski definition) is 1. The summed E-state index contributed by atoms with van der Waals surface area (Å²) in [6.45, 7) is 9.13. The van der Waals surface area contributed by atoms with Crippen LogP contribution in [0.1, 0.15) is 40.4 Å². The maximum absolute atomic E-state index is 14.1. The first-order valence-electron chi connectivity index (χ1n) is 12.1. The summed E-state index contributed by atoms with van der Waals surface area (Å²) in [6, 6.07) is 9.99. The van der Waals surface area contributed by atoms with Crippen molar-refractivity contribution >= 4 is 23.2 Å². The third kappa shape index (κ3) is 4.36. The molecule has 3 heterocycles. The number of rotatable bonds is 6. The third-order valence-electron chi connectivity index (χ3n) is 7.41. The number of fused-ring (bicyclic) bond motifs is 1. The first-order chi connectivity index (χ1) is 17.1. The SMILES string of the molecule is C=CC(=O)N1CC2(CCN(Cc3cc4c(c(C(F)(F)F)c3)CN(c3cccc(NCC)c3)C4=O)C2)C1. The Morgan fingerprint density at radius 2 is 1.97 bits per heavy atom. The van der Waals surface area contributed by atoms with Crippen LogP contribution in [0.15, 0.2) is 49.1 Å². The molecule has 36 heavy (non-hydrogen) atoms. The molecule has 2 aromatic carbocycles. The Labute approximate surface area is 208 Å². The molecule has 1 N–H and O–H groups in total. The van der Waals surface area contributed by atoms with Gasteiger partial charge in [0.2, 0.25) is 5.91 Å². The molecule has 2 aromatic rings. The zero-order chi connectivity index (χ0) is 25.7. The molecule has 3 aliphatic rings. The van der Waals surface area contributed by atoms with Crippen LogP contribution in [0.3, 0.4) is 0 Å². The number of nitrogens with one attached hydrogen (secondary N) is 1. The van der Waals surface area contributed by atoms with E-state index in [0.717, 1.165) is 18.7 Å². The van der Waals surface area contributed by atoms with E-state index < -0.39 is 17.6 Å². The Hall–Kier alpha value is -3.33. The topological polar surface area (TPSA) is 55.9 Å². The van der Waals surface area contributed by atoms with Gasteiger partial charge in [0.1, 0.15) is 0 Å². The number of benzene rings is 2. The van der Waals surface area contributed by atoms with Crippen molar-refractivity contribution in [1.29, 1.82) is 0 Å². The van der Waals surface area contributed by atoms with E-state index in [0.29, 0.717) is 44.0 Å². The lowest BCUT2D eigenvalue weighted by Crippen LogP contribution is -2.59. The van der Waals surface area contributed by atoms with E-state index >= 15 is 0 Å². The molecular formula is C27H29F3N4O2. The molecule has 0 aromatic heterocycles. The first-order valence-corrected chi connectivity index (χ1v) is 12.1. The Balaban J connectivity index is 1.37. The minimum absolute atomic E-state index is 0.00752. The van der Waals surface area contributed by atoms with Gasteiger partial charge >= 0.3 is 6.18 Å². The van der Waals surface area contributed by atoms with Gasteiger partial charge in [-0.05, 0) is 67.4 Å². The van der Waals surface area contributed by atoms with Crippen LogP contribution in [0, 0.1) is 5.41 Å². The van der Waals surface area contributed by atoms with E-state index in [-0.39, 0.29) is 29.0 Å². The molecule has 0 bridgehead atoms. The second-order valence-corrected chi connectivity index (χ2v) is 10.00. The first kappa shape index (κ1) is 24.4. The lowest BCUT2D eigenvalue weighted by molar-refractivity contribution is -0.138. The molecule has 2 fully saturated rings. The highest BCUT2D eigenvalue weighted by atomic mass is 19.4. The van der Waals surface area contributed by atoms with E-state index in [4.69, 9.17) is 0 Å². The average molecular weight is 499 g/mol. The van der Waals surface area contributed by atoms with Gasteiger partial charge in [-0.1, -0.05) is 12.6 Å². The van der Waals surface area contributed by atoms with Gasteiger partial charge in [0, 0.05) is 55.1 Å². The lowest BCUT2D eigenvalue weighted by Gasteiger charge is -2.47. The molecule has 3 aliphatic heterocycles. The van der Waals surface area contributed by atoms with Gasteiger partial charge in [0.15, 0.2) is 0 Å². The van der Waals surface area contributed by atoms with Gasteiger partial charge < -0.3 is 15.1 Å². The molecule has 0 aliphatic carbocycles. The average Bonchev–Trinajstić information content (AvgIpc) is 3.39. The summed E-state index contributed by atoms with van der Waals surface area (Å²) >= 11 is 0. The fraction of sp³-hybridized carbons (Fsp3) is 0.407. The Kier molecular flexibility index (Phi) is 6.06. The molecular weight excluding hydrogens is 469 g/mol. The van der Waals surface area contributed by atoms with Crippen LogP contribution in [-0.2, 0) is 24.1 Å². The maximum atomic E-state index is 14.1. The van der Waals surface area contributed by atoms with E-state index in [1.807, 2.05) is 13.0 Å². The minimum Gasteiger partial charge on any atom is -0.385 e. The summed E-state index contributed by atoms with van der Waals surface area (Å²) in [5.74, 6) is -0.506. The zero-order valence-corrected chi connectivity index (χ0v) is 20.2. The largest absolute Gasteiger partial charge is 0.416 e. The number of anilines is 2. The van der Waals surface area contributed by atoms with Crippen molar-refractivity contribution in [2.45, 2.75) is 32.6 Å². The normalized spacial score (nSPS) is 18.9. The summed E-state index contributed by atoms with van der Waals surface area (Å²) < 4.78 is 42.3. The molecule has 2 amide bonds. The van der Waals surface area contributed by atoms with E-state index in [1.54, 1.807) is 29.2 Å². The van der Waals surface area contributed by atoms with Crippen molar-refractivity contribution in [2.75, 3.05) is 42.9 Å². The van der Waals surface area contributed by atoms with Crippen molar-refractivity contribution in [3.05, 3.63) is 71.3 Å². The van der Waals surface area contributed by atoms with Crippen molar-refractivity contribution in [1.82, 2.24) is 9.80 Å². The zero-order valence-electron chi connectivity index (χ0n) is 20.2. The fourth-order valence-electron chi connectivity index (χ4n) is 5.74. The Bertz CT molecular complexity index is 1220. The Morgan fingerprint density at radius 3 is 2.67 bits per heavy atom. The molecule has 0 unspecified atom stereocenters. The highest BCUT2D eigenvalue weighted by Gasteiger charge is 2.49. The number of alkyl halides is 3. The van der Waals surface area contributed by atoms with Crippen molar-refractivity contribution in [3.63, 3.8) is 0 Å². The van der Waals surface area contributed by atoms with Crippen LogP contribution >= 0.6 is 0 Å². The van der Waals surface area contributed by atoms with Crippen LogP contribution in [0.4, 0.5) is 24.5 Å². The predicted octanol–water partition coefficient (Wildman–Crippen LogP) is 4.52. The number of amides is 2. The van der Waals surface area contributed by atoms with Gasteiger partial charge in [0.25, 0.3) is 5.91 Å². The molecule has 5 rings (SSSR count). The van der Waals surface area contributed by atoms with Crippen LogP contribution in [0.25, 0.3) is 0 Å². The molecule has 1 spiro atoms. The number of carbonyl (C=O) groups is 2. The molecule has 0 saturated carbocycles. The maximum Gasteiger partial charge on any atom is 0.416 e. The summed E-state index contributed by atoms with van der Waals surface area (Å²) in [6.07, 6.45) is -2.37. The fourth-order valence-corrected chi connectivity index (χ4v) is 5.74. The standard InChI is InChI=1S/C27H29F3N4O2/c1-3-24(35)33-16-26(17-33)8-9-32(15-26)13-18-10-21-22(23(11-18)27(28,29)30)14-34(25(21)36)20-7-5-6-19(12-20)31-4-2/h3,5-7,10-12,31H,1,4,8-9,13-17H2,2H3. The molecule has 190 valence electrons. The monoisotopic (exact) mass is 498 g/mol. The summed E-state index contributed by atoms with van der Waals surface area (Å²) in [5.41, 5.74) is 1.25. The van der Waals surface area contributed by atoms with Crippen molar-refractivity contribution in [3.8, 4) is 0 Å². The highest BCUT2D eigenvalue weighted by Crippen LogP contribution is 2.42. The molecule has 6 nitrogen and oxygen atoms in total. The van der Waals surface area contributed by atoms with Crippen LogP contribution < -0.4 is 10.2 Å². The highest BCUT2D eigenvalue weighted by molar-refractivity contribution is 6.10. The molecule has 9 heteroatoms. The van der Waals surface area contributed by atoms with Gasteiger partial charge in [0.05, 0.1) is 12.1 Å². The summed E-state index contributed by atoms with van der Waals surface area (Å²) in [5, 5.41) is 3.17. The lowest BCUT2D eigenvalue weighted by atomic mass is 9.79. The number of halogens is 3. The molecule has 0 atom stereocenters. The van der Waals surface area contributed by atoms with Crippen molar-refractivity contribution in [2.24, 2.45) is 5.41 Å². The quantitative estimate of drug-likeness (QED) is 0.596. The number of carbonyl (C=O) groups excluding carboxylic acids is 2. The third-order valence-corrected chi connectivity index (χ3v) is 7.41. The molecule has 0 radical (unpaired) electrons. The second kappa shape index (κ2) is 8.96. The van der Waals surface area contributed by atoms with Gasteiger partial charge in [-0.15, -0.1) is 0 Å². The number of nitrogens with zero attached hydrogens (tertiary/aromatic N) is 3. The van der Waals surface area contributed by atoms with Gasteiger partial charge in [-0.3, -0.25) is 14.5 Å². The summed E-state index contributed by atoms with van der Waals surface area (Å²) in [7, 11) is 0. The Morgan fingerprint density at radius 1 is 1.19 bits per heavy atom. The van der Waals surface area contributed by atoms with Crippen LogP contribution in [0.2, 0.25) is 0 Å². The minimum atomic E-state index is -4.56. The number of likely N-dealkylation sites (tertiary alicyclic amines) is 2. The predicted molar refractivity (Wildman–Crippen MR) is 132 cm³/mol. The summed E-state index contributed by atoms with van der Waals surface area (Å²) in [4.78, 5) is 30.4. The number of hydrogen-bond acceptors (Lipinski definition) is 4.